The fourth-order valence-corrected chi connectivity index (χ4v) is 5.07. The molecule has 0 atom stereocenters. The van der Waals surface area contributed by atoms with Gasteiger partial charge in [-0.1, -0.05) is 12.1 Å². The Morgan fingerprint density at radius 2 is 1.80 bits per heavy atom. The Labute approximate surface area is 205 Å². The first-order valence-corrected chi connectivity index (χ1v) is 13.3. The monoisotopic (exact) mass is 498 g/mol. The van der Waals surface area contributed by atoms with Crippen LogP contribution in [0, 0.1) is 0 Å². The molecule has 9 heteroatoms. The molecular formula is C26H30N2O6S. The first-order valence-electron chi connectivity index (χ1n) is 11.5. The summed E-state index contributed by atoms with van der Waals surface area (Å²) in [4.78, 5) is 14.6. The minimum absolute atomic E-state index is 0.156. The molecule has 2 aromatic carbocycles. The number of carbonyl (C=O) groups is 1. The lowest BCUT2D eigenvalue weighted by Crippen LogP contribution is -2.49. The van der Waals surface area contributed by atoms with E-state index >= 15 is 0 Å². The van der Waals surface area contributed by atoms with Crippen LogP contribution in [0.4, 0.5) is 0 Å². The summed E-state index contributed by atoms with van der Waals surface area (Å²) < 4.78 is 41.8. The molecule has 1 amide bonds. The Bertz CT molecular complexity index is 1350. The molecule has 4 rings (SSSR count). The molecule has 1 aliphatic heterocycles. The second-order valence-electron chi connectivity index (χ2n) is 8.47. The molecule has 0 bridgehead atoms. The van der Waals surface area contributed by atoms with Crippen LogP contribution in [0.1, 0.15) is 19.4 Å². The standard InChI is InChI=1S/C26H30N2O6S/c1-5-33-20-8-6-19(7-9-20)23-17-34-25-16-24(32-3)21(15-22(23)25)18(2)14-26(29)27-10-12-28(13-11-27)35(4,30)31/h6-9,14-17H,5,10-13H2,1-4H3/b18-14+. The lowest BCUT2D eigenvalue weighted by Gasteiger charge is -2.32. The number of sulfonamides is 1. The Kier molecular flexibility index (Phi) is 7.18. The lowest BCUT2D eigenvalue weighted by atomic mass is 9.99. The van der Waals surface area contributed by atoms with E-state index in [0.717, 1.165) is 33.4 Å². The van der Waals surface area contributed by atoms with Crippen molar-refractivity contribution in [2.75, 3.05) is 46.2 Å². The van der Waals surface area contributed by atoms with Gasteiger partial charge in [0.05, 0.1) is 26.2 Å². The number of furan rings is 1. The first kappa shape index (κ1) is 24.8. The molecule has 35 heavy (non-hydrogen) atoms. The number of ether oxygens (including phenoxy) is 2. The fourth-order valence-electron chi connectivity index (χ4n) is 4.25. The molecule has 3 aromatic rings. The average molecular weight is 499 g/mol. The number of amides is 1. The molecule has 1 aromatic heterocycles. The third-order valence-electron chi connectivity index (χ3n) is 6.16. The highest BCUT2D eigenvalue weighted by Gasteiger charge is 2.25. The van der Waals surface area contributed by atoms with Crippen LogP contribution >= 0.6 is 0 Å². The number of nitrogens with zero attached hydrogens (tertiary/aromatic N) is 2. The van der Waals surface area contributed by atoms with Gasteiger partial charge in [0.15, 0.2) is 0 Å². The van der Waals surface area contributed by atoms with Crippen molar-refractivity contribution in [3.05, 3.63) is 54.3 Å². The molecule has 1 aliphatic rings. The van der Waals surface area contributed by atoms with Crippen LogP contribution in [-0.2, 0) is 14.8 Å². The molecule has 0 radical (unpaired) electrons. The summed E-state index contributed by atoms with van der Waals surface area (Å²) in [6.45, 7) is 5.73. The summed E-state index contributed by atoms with van der Waals surface area (Å²) in [7, 11) is -1.67. The highest BCUT2D eigenvalue weighted by atomic mass is 32.2. The Morgan fingerprint density at radius 3 is 2.40 bits per heavy atom. The van der Waals surface area contributed by atoms with Crippen molar-refractivity contribution in [2.24, 2.45) is 0 Å². The maximum Gasteiger partial charge on any atom is 0.246 e. The lowest BCUT2D eigenvalue weighted by molar-refractivity contribution is -0.127. The van der Waals surface area contributed by atoms with Gasteiger partial charge in [-0.25, -0.2) is 8.42 Å². The van der Waals surface area contributed by atoms with Gasteiger partial charge in [-0.3, -0.25) is 4.79 Å². The van der Waals surface area contributed by atoms with Crippen LogP contribution in [0.3, 0.4) is 0 Å². The van der Waals surface area contributed by atoms with E-state index in [-0.39, 0.29) is 5.91 Å². The van der Waals surface area contributed by atoms with Crippen LogP contribution in [0.25, 0.3) is 27.7 Å². The maximum atomic E-state index is 12.9. The predicted molar refractivity (Wildman–Crippen MR) is 136 cm³/mol. The normalized spacial score (nSPS) is 15.4. The van der Waals surface area contributed by atoms with E-state index in [2.05, 4.69) is 0 Å². The Hall–Kier alpha value is -3.30. The van der Waals surface area contributed by atoms with Gasteiger partial charge in [0, 0.05) is 54.8 Å². The van der Waals surface area contributed by atoms with Gasteiger partial charge in [0.1, 0.15) is 17.1 Å². The highest BCUT2D eigenvalue weighted by Crippen LogP contribution is 2.37. The molecule has 1 fully saturated rings. The smallest absolute Gasteiger partial charge is 0.246 e. The zero-order valence-electron chi connectivity index (χ0n) is 20.4. The molecule has 0 N–H and O–H groups in total. The second kappa shape index (κ2) is 10.1. The van der Waals surface area contributed by atoms with E-state index in [1.165, 1.54) is 10.6 Å². The third-order valence-corrected chi connectivity index (χ3v) is 7.46. The largest absolute Gasteiger partial charge is 0.496 e. The number of benzene rings is 2. The van der Waals surface area contributed by atoms with E-state index in [4.69, 9.17) is 13.9 Å². The molecule has 0 saturated carbocycles. The Morgan fingerprint density at radius 1 is 1.11 bits per heavy atom. The summed E-state index contributed by atoms with van der Waals surface area (Å²) in [5.74, 6) is 1.26. The van der Waals surface area contributed by atoms with Crippen molar-refractivity contribution < 1.29 is 27.1 Å². The van der Waals surface area contributed by atoms with Crippen LogP contribution in [0.2, 0.25) is 0 Å². The quantitative estimate of drug-likeness (QED) is 0.457. The number of carbonyl (C=O) groups excluding carboxylic acids is 1. The molecule has 8 nitrogen and oxygen atoms in total. The third kappa shape index (κ3) is 5.36. The van der Waals surface area contributed by atoms with Crippen LogP contribution in [0.15, 0.2) is 53.2 Å². The summed E-state index contributed by atoms with van der Waals surface area (Å²) >= 11 is 0. The highest BCUT2D eigenvalue weighted by molar-refractivity contribution is 7.88. The van der Waals surface area contributed by atoms with E-state index in [1.807, 2.05) is 50.2 Å². The minimum atomic E-state index is -3.25. The molecule has 1 saturated heterocycles. The number of fused-ring (bicyclic) bond motifs is 1. The topological polar surface area (TPSA) is 89.3 Å². The molecule has 0 aliphatic carbocycles. The maximum absolute atomic E-state index is 12.9. The molecule has 0 spiro atoms. The van der Waals surface area contributed by atoms with Crippen molar-refractivity contribution in [2.45, 2.75) is 13.8 Å². The first-order chi connectivity index (χ1) is 16.7. The molecule has 186 valence electrons. The fraction of sp³-hybridized carbons (Fsp3) is 0.346. The molecular weight excluding hydrogens is 468 g/mol. The van der Waals surface area contributed by atoms with E-state index < -0.39 is 10.0 Å². The van der Waals surface area contributed by atoms with Gasteiger partial charge in [-0.05, 0) is 43.2 Å². The van der Waals surface area contributed by atoms with Crippen molar-refractivity contribution in [1.29, 1.82) is 0 Å². The summed E-state index contributed by atoms with van der Waals surface area (Å²) in [6.07, 6.45) is 4.49. The number of rotatable bonds is 7. The van der Waals surface area contributed by atoms with Gasteiger partial charge in [-0.15, -0.1) is 0 Å². The average Bonchev–Trinajstić information content (AvgIpc) is 3.26. The predicted octanol–water partition coefficient (Wildman–Crippen LogP) is 4.01. The number of methoxy groups -OCH3 is 1. The molecule has 0 unspecified atom stereocenters. The zero-order valence-corrected chi connectivity index (χ0v) is 21.2. The second-order valence-corrected chi connectivity index (χ2v) is 10.5. The van der Waals surface area contributed by atoms with Crippen LogP contribution in [0.5, 0.6) is 11.5 Å². The van der Waals surface area contributed by atoms with E-state index in [9.17, 15) is 13.2 Å². The van der Waals surface area contributed by atoms with Gasteiger partial charge >= 0.3 is 0 Å². The summed E-state index contributed by atoms with van der Waals surface area (Å²) in [6, 6.07) is 11.6. The summed E-state index contributed by atoms with van der Waals surface area (Å²) in [5, 5.41) is 0.909. The minimum Gasteiger partial charge on any atom is -0.496 e. The Balaban J connectivity index is 1.62. The number of hydrogen-bond donors (Lipinski definition) is 0. The van der Waals surface area contributed by atoms with Crippen molar-refractivity contribution in [3.63, 3.8) is 0 Å². The van der Waals surface area contributed by atoms with E-state index in [1.54, 1.807) is 24.3 Å². The van der Waals surface area contributed by atoms with Crippen molar-refractivity contribution >= 4 is 32.5 Å². The molecule has 2 heterocycles. The van der Waals surface area contributed by atoms with Gasteiger partial charge in [-0.2, -0.15) is 4.31 Å². The van der Waals surface area contributed by atoms with Crippen LogP contribution < -0.4 is 9.47 Å². The zero-order chi connectivity index (χ0) is 25.2. The van der Waals surface area contributed by atoms with Gasteiger partial charge in [0.2, 0.25) is 15.9 Å². The number of allylic oxidation sites excluding steroid dienone is 1. The van der Waals surface area contributed by atoms with Gasteiger partial charge in [0.25, 0.3) is 0 Å². The van der Waals surface area contributed by atoms with Gasteiger partial charge < -0.3 is 18.8 Å². The van der Waals surface area contributed by atoms with Crippen molar-refractivity contribution in [1.82, 2.24) is 9.21 Å². The summed E-state index contributed by atoms with van der Waals surface area (Å²) in [5.41, 5.74) is 4.15. The number of hydrogen-bond acceptors (Lipinski definition) is 6. The van der Waals surface area contributed by atoms with Crippen LogP contribution in [-0.4, -0.2) is 69.7 Å². The van der Waals surface area contributed by atoms with E-state index in [0.29, 0.717) is 44.1 Å². The number of piperazine rings is 1. The van der Waals surface area contributed by atoms with Crippen molar-refractivity contribution in [3.8, 4) is 22.6 Å². The SMILES string of the molecule is CCOc1ccc(-c2coc3cc(OC)c(/C(C)=C/C(=O)N4CCN(S(C)(=O)=O)CC4)cc23)cc1.